The first-order valence-electron chi connectivity index (χ1n) is 6.44. The Morgan fingerprint density at radius 1 is 1.24 bits per heavy atom. The van der Waals surface area contributed by atoms with E-state index in [4.69, 9.17) is 0 Å². The zero-order chi connectivity index (χ0) is 13.2. The number of carbonyl (C=O) groups is 2. The van der Waals surface area contributed by atoms with Gasteiger partial charge in [0.1, 0.15) is 0 Å². The second-order valence-electron chi connectivity index (χ2n) is 5.65. The smallest absolute Gasteiger partial charge is 0.247 e. The quantitative estimate of drug-likeness (QED) is 0.742. The monoisotopic (exact) mass is 240 g/mol. The Labute approximate surface area is 104 Å². The van der Waals surface area contributed by atoms with E-state index in [9.17, 15) is 9.59 Å². The van der Waals surface area contributed by atoms with E-state index < -0.39 is 0 Å². The normalized spacial score (nSPS) is 23.0. The van der Waals surface area contributed by atoms with Crippen molar-refractivity contribution >= 4 is 11.8 Å². The summed E-state index contributed by atoms with van der Waals surface area (Å²) in [6, 6.07) is -0.0929. The highest BCUT2D eigenvalue weighted by Gasteiger charge is 2.40. The highest BCUT2D eigenvalue weighted by atomic mass is 16.2. The molecule has 2 amide bonds. The van der Waals surface area contributed by atoms with Gasteiger partial charge in [0.25, 0.3) is 0 Å². The third-order valence-electron chi connectivity index (χ3n) is 3.01. The third kappa shape index (κ3) is 3.53. The van der Waals surface area contributed by atoms with Crippen LogP contribution in [0.25, 0.3) is 0 Å². The highest BCUT2D eigenvalue weighted by molar-refractivity contribution is 6.05. The van der Waals surface area contributed by atoms with Gasteiger partial charge in [-0.15, -0.1) is 0 Å². The van der Waals surface area contributed by atoms with Crippen LogP contribution in [0.15, 0.2) is 0 Å². The third-order valence-corrected chi connectivity index (χ3v) is 3.01. The Balaban J connectivity index is 2.57. The number of carbonyl (C=O) groups excluding carboxylic acids is 2. The Bertz CT molecular complexity index is 300. The van der Waals surface area contributed by atoms with E-state index in [0.717, 1.165) is 6.42 Å². The van der Waals surface area contributed by atoms with E-state index in [1.165, 1.54) is 4.90 Å². The first-order valence-corrected chi connectivity index (χ1v) is 6.44. The van der Waals surface area contributed by atoms with Crippen molar-refractivity contribution in [3.05, 3.63) is 0 Å². The summed E-state index contributed by atoms with van der Waals surface area (Å²) in [6.07, 6.45) is 1.32. The molecule has 1 rings (SSSR count). The fourth-order valence-corrected chi connectivity index (χ4v) is 2.44. The standard InChI is InChI=1S/C13H24N2O2/c1-8(2)6-10(5)14-11-7-12(16)15(9(3)4)13(11)17/h8-11,14H,6-7H2,1-5H3. The molecule has 4 nitrogen and oxygen atoms in total. The molecule has 0 spiro atoms. The maximum absolute atomic E-state index is 12.0. The molecule has 0 saturated carbocycles. The SMILES string of the molecule is CC(C)CC(C)NC1CC(=O)N(C(C)C)C1=O. The molecule has 98 valence electrons. The summed E-state index contributed by atoms with van der Waals surface area (Å²) in [5, 5.41) is 3.26. The van der Waals surface area contributed by atoms with Crippen molar-refractivity contribution in [2.24, 2.45) is 5.92 Å². The van der Waals surface area contributed by atoms with Crippen molar-refractivity contribution in [1.82, 2.24) is 10.2 Å². The van der Waals surface area contributed by atoms with Crippen molar-refractivity contribution in [2.75, 3.05) is 0 Å². The van der Waals surface area contributed by atoms with E-state index in [2.05, 4.69) is 26.1 Å². The minimum atomic E-state index is -0.321. The minimum absolute atomic E-state index is 0.0396. The predicted octanol–water partition coefficient (Wildman–Crippen LogP) is 1.55. The van der Waals surface area contributed by atoms with Crippen LogP contribution < -0.4 is 5.32 Å². The highest BCUT2D eigenvalue weighted by Crippen LogP contribution is 2.17. The first-order chi connectivity index (χ1) is 7.82. The maximum atomic E-state index is 12.0. The summed E-state index contributed by atoms with van der Waals surface area (Å²) < 4.78 is 0. The molecule has 1 aliphatic heterocycles. The van der Waals surface area contributed by atoms with Crippen LogP contribution in [-0.2, 0) is 9.59 Å². The van der Waals surface area contributed by atoms with Crippen molar-refractivity contribution in [2.45, 2.75) is 65.6 Å². The molecule has 1 heterocycles. The largest absolute Gasteiger partial charge is 0.303 e. The summed E-state index contributed by atoms with van der Waals surface area (Å²) in [7, 11) is 0. The van der Waals surface area contributed by atoms with Crippen LogP contribution in [0.3, 0.4) is 0 Å². The molecule has 2 unspecified atom stereocenters. The fraction of sp³-hybridized carbons (Fsp3) is 0.846. The number of hydrogen-bond donors (Lipinski definition) is 1. The van der Waals surface area contributed by atoms with Crippen LogP contribution in [0.1, 0.15) is 47.5 Å². The lowest BCUT2D eigenvalue weighted by atomic mass is 10.0. The van der Waals surface area contributed by atoms with Gasteiger partial charge in [-0.25, -0.2) is 0 Å². The minimum Gasteiger partial charge on any atom is -0.303 e. The van der Waals surface area contributed by atoms with Crippen LogP contribution in [0.5, 0.6) is 0 Å². The number of hydrogen-bond acceptors (Lipinski definition) is 3. The van der Waals surface area contributed by atoms with Gasteiger partial charge in [0, 0.05) is 12.1 Å². The predicted molar refractivity (Wildman–Crippen MR) is 67.4 cm³/mol. The maximum Gasteiger partial charge on any atom is 0.247 e. The van der Waals surface area contributed by atoms with Crippen LogP contribution in [0.2, 0.25) is 0 Å². The lowest BCUT2D eigenvalue weighted by Gasteiger charge is -2.22. The summed E-state index contributed by atoms with van der Waals surface area (Å²) in [6.45, 7) is 10.1. The van der Waals surface area contributed by atoms with Gasteiger partial charge >= 0.3 is 0 Å². The number of nitrogens with zero attached hydrogens (tertiary/aromatic N) is 1. The Kier molecular flexibility index (Phi) is 4.69. The topological polar surface area (TPSA) is 49.4 Å². The van der Waals surface area contributed by atoms with E-state index in [-0.39, 0.29) is 29.9 Å². The fourth-order valence-electron chi connectivity index (χ4n) is 2.44. The first kappa shape index (κ1) is 14.2. The van der Waals surface area contributed by atoms with Gasteiger partial charge < -0.3 is 5.32 Å². The Morgan fingerprint density at radius 2 is 1.82 bits per heavy atom. The molecule has 0 aliphatic carbocycles. The molecule has 0 radical (unpaired) electrons. The molecule has 1 aliphatic rings. The Hall–Kier alpha value is -0.900. The number of nitrogens with one attached hydrogen (secondary N) is 1. The van der Waals surface area contributed by atoms with Gasteiger partial charge in [-0.1, -0.05) is 13.8 Å². The molecule has 1 N–H and O–H groups in total. The second kappa shape index (κ2) is 5.63. The van der Waals surface area contributed by atoms with Crippen LogP contribution in [-0.4, -0.2) is 34.8 Å². The number of imide groups is 1. The lowest BCUT2D eigenvalue weighted by Crippen LogP contribution is -2.44. The number of amides is 2. The van der Waals surface area contributed by atoms with Crippen LogP contribution >= 0.6 is 0 Å². The van der Waals surface area contributed by atoms with Gasteiger partial charge in [0.2, 0.25) is 11.8 Å². The van der Waals surface area contributed by atoms with Crippen molar-refractivity contribution in [1.29, 1.82) is 0 Å². The van der Waals surface area contributed by atoms with Gasteiger partial charge in [0.15, 0.2) is 0 Å². The van der Waals surface area contributed by atoms with Crippen molar-refractivity contribution < 1.29 is 9.59 Å². The number of rotatable bonds is 5. The van der Waals surface area contributed by atoms with Gasteiger partial charge in [0.05, 0.1) is 12.5 Å². The molecular formula is C13H24N2O2. The van der Waals surface area contributed by atoms with Gasteiger partial charge in [-0.3, -0.25) is 14.5 Å². The average Bonchev–Trinajstić information content (AvgIpc) is 2.39. The van der Waals surface area contributed by atoms with Crippen LogP contribution in [0.4, 0.5) is 0 Å². The van der Waals surface area contributed by atoms with Gasteiger partial charge in [-0.2, -0.15) is 0 Å². The summed E-state index contributed by atoms with van der Waals surface area (Å²) in [5.74, 6) is 0.464. The Morgan fingerprint density at radius 3 is 2.24 bits per heavy atom. The van der Waals surface area contributed by atoms with E-state index in [0.29, 0.717) is 12.3 Å². The molecule has 1 fully saturated rings. The zero-order valence-electron chi connectivity index (χ0n) is 11.5. The molecule has 0 aromatic carbocycles. The summed E-state index contributed by atoms with van der Waals surface area (Å²) in [4.78, 5) is 25.1. The zero-order valence-corrected chi connectivity index (χ0v) is 11.5. The molecule has 4 heteroatoms. The average molecular weight is 240 g/mol. The molecule has 0 bridgehead atoms. The molecule has 0 aromatic heterocycles. The molecule has 0 aromatic rings. The molecule has 1 saturated heterocycles. The van der Waals surface area contributed by atoms with Gasteiger partial charge in [-0.05, 0) is 33.1 Å². The molecule has 17 heavy (non-hydrogen) atoms. The number of likely N-dealkylation sites (tertiary alicyclic amines) is 1. The molecule has 2 atom stereocenters. The molecular weight excluding hydrogens is 216 g/mol. The summed E-state index contributed by atoms with van der Waals surface area (Å²) in [5.41, 5.74) is 0. The summed E-state index contributed by atoms with van der Waals surface area (Å²) >= 11 is 0. The lowest BCUT2D eigenvalue weighted by molar-refractivity contribution is -0.140. The van der Waals surface area contributed by atoms with E-state index in [1.54, 1.807) is 0 Å². The van der Waals surface area contributed by atoms with Crippen LogP contribution in [0, 0.1) is 5.92 Å². The second-order valence-corrected chi connectivity index (χ2v) is 5.65. The van der Waals surface area contributed by atoms with Crippen molar-refractivity contribution in [3.8, 4) is 0 Å². The van der Waals surface area contributed by atoms with E-state index in [1.807, 2.05) is 13.8 Å². The van der Waals surface area contributed by atoms with E-state index >= 15 is 0 Å². The van der Waals surface area contributed by atoms with Crippen molar-refractivity contribution in [3.63, 3.8) is 0 Å².